The first-order chi connectivity index (χ1) is 15.1. The number of aliphatic carboxylic acids is 1. The number of anilines is 1. The summed E-state index contributed by atoms with van der Waals surface area (Å²) in [4.78, 5) is 41.9. The van der Waals surface area contributed by atoms with Gasteiger partial charge in [0.05, 0.1) is 21.3 Å². The zero-order valence-corrected chi connectivity index (χ0v) is 18.8. The maximum absolute atomic E-state index is 12.5. The fourth-order valence-electron chi connectivity index (χ4n) is 3.23. The molecule has 0 aromatic heterocycles. The number of oxime groups is 1. The zero-order chi connectivity index (χ0) is 23.5. The third-order valence-electron chi connectivity index (χ3n) is 4.92. The van der Waals surface area contributed by atoms with Gasteiger partial charge in [0.1, 0.15) is 6.04 Å². The van der Waals surface area contributed by atoms with Gasteiger partial charge in [0.2, 0.25) is 5.60 Å². The van der Waals surface area contributed by atoms with Crippen LogP contribution in [-0.2, 0) is 20.8 Å². The standard InChI is InChI=1S/C22H21Cl2N3O5/c1-12-11-22(2,32-27-12)21(31)26-17(20(29)30)10-13-6-8-14(9-7-13)25-19(28)18-15(23)4-3-5-16(18)24/h3-9,17H,10-11H2,1-2H3,(H,25,28)(H,26,31)(H,29,30)/t17?,22-/m0/s1. The van der Waals surface area contributed by atoms with E-state index in [-0.39, 0.29) is 28.5 Å². The number of hydrogen-bond acceptors (Lipinski definition) is 5. The van der Waals surface area contributed by atoms with Gasteiger partial charge in [-0.05, 0) is 43.7 Å². The molecular weight excluding hydrogens is 457 g/mol. The highest BCUT2D eigenvalue weighted by molar-refractivity contribution is 6.40. The van der Waals surface area contributed by atoms with E-state index in [4.69, 9.17) is 28.0 Å². The Hall–Kier alpha value is -3.10. The van der Waals surface area contributed by atoms with Crippen LogP contribution in [0, 0.1) is 0 Å². The van der Waals surface area contributed by atoms with E-state index in [2.05, 4.69) is 15.8 Å². The van der Waals surface area contributed by atoms with Crippen LogP contribution in [-0.4, -0.2) is 40.2 Å². The number of nitrogens with one attached hydrogen (secondary N) is 2. The summed E-state index contributed by atoms with van der Waals surface area (Å²) in [6.45, 7) is 3.29. The molecule has 32 heavy (non-hydrogen) atoms. The van der Waals surface area contributed by atoms with E-state index in [0.717, 1.165) is 0 Å². The monoisotopic (exact) mass is 477 g/mol. The lowest BCUT2D eigenvalue weighted by Crippen LogP contribution is -2.51. The average molecular weight is 478 g/mol. The van der Waals surface area contributed by atoms with Crippen molar-refractivity contribution in [3.63, 3.8) is 0 Å². The van der Waals surface area contributed by atoms with E-state index >= 15 is 0 Å². The summed E-state index contributed by atoms with van der Waals surface area (Å²) in [7, 11) is 0. The molecule has 0 saturated heterocycles. The minimum atomic E-state index is -1.23. The summed E-state index contributed by atoms with van der Waals surface area (Å²) in [6.07, 6.45) is 0.330. The fourth-order valence-corrected chi connectivity index (χ4v) is 3.80. The highest BCUT2D eigenvalue weighted by atomic mass is 35.5. The second-order valence-electron chi connectivity index (χ2n) is 7.64. The zero-order valence-electron chi connectivity index (χ0n) is 17.3. The SMILES string of the molecule is CC1=NO[C@](C)(C(=O)NC(Cc2ccc(NC(=O)c3c(Cl)cccc3Cl)cc2)C(=O)O)C1. The Balaban J connectivity index is 1.65. The first-order valence-electron chi connectivity index (χ1n) is 9.69. The van der Waals surface area contributed by atoms with Crippen LogP contribution in [0.5, 0.6) is 0 Å². The summed E-state index contributed by atoms with van der Waals surface area (Å²) in [5, 5.41) is 19.0. The molecule has 3 rings (SSSR count). The van der Waals surface area contributed by atoms with Crippen molar-refractivity contribution < 1.29 is 24.3 Å². The quantitative estimate of drug-likeness (QED) is 0.558. The number of carbonyl (C=O) groups excluding carboxylic acids is 2. The van der Waals surface area contributed by atoms with Crippen molar-refractivity contribution in [1.29, 1.82) is 0 Å². The maximum atomic E-state index is 12.5. The van der Waals surface area contributed by atoms with Gasteiger partial charge in [-0.2, -0.15) is 0 Å². The van der Waals surface area contributed by atoms with Crippen molar-refractivity contribution in [1.82, 2.24) is 5.32 Å². The third-order valence-corrected chi connectivity index (χ3v) is 5.55. The Morgan fingerprint density at radius 3 is 2.31 bits per heavy atom. The Morgan fingerprint density at radius 1 is 1.16 bits per heavy atom. The van der Waals surface area contributed by atoms with Crippen LogP contribution in [0.25, 0.3) is 0 Å². The normalized spacial score (nSPS) is 18.3. The van der Waals surface area contributed by atoms with Crippen LogP contribution >= 0.6 is 23.2 Å². The van der Waals surface area contributed by atoms with E-state index < -0.39 is 29.4 Å². The molecule has 0 spiro atoms. The fraction of sp³-hybridized carbons (Fsp3) is 0.273. The highest BCUT2D eigenvalue weighted by Gasteiger charge is 2.42. The van der Waals surface area contributed by atoms with E-state index in [1.165, 1.54) is 0 Å². The number of halogens is 2. The molecule has 0 radical (unpaired) electrons. The van der Waals surface area contributed by atoms with Crippen LogP contribution in [0.4, 0.5) is 5.69 Å². The average Bonchev–Trinajstić information content (AvgIpc) is 3.08. The van der Waals surface area contributed by atoms with Gasteiger partial charge in [-0.1, -0.05) is 46.6 Å². The van der Waals surface area contributed by atoms with Crippen molar-refractivity contribution >= 4 is 52.4 Å². The Kier molecular flexibility index (Phi) is 7.06. The lowest BCUT2D eigenvalue weighted by atomic mass is 9.98. The summed E-state index contributed by atoms with van der Waals surface area (Å²) in [5.74, 6) is -2.19. The van der Waals surface area contributed by atoms with Gasteiger partial charge in [-0.15, -0.1) is 0 Å². The van der Waals surface area contributed by atoms with Crippen LogP contribution in [0.15, 0.2) is 47.6 Å². The predicted molar refractivity (Wildman–Crippen MR) is 121 cm³/mol. The molecule has 3 N–H and O–H groups in total. The number of carbonyl (C=O) groups is 3. The Labute approximate surface area is 194 Å². The van der Waals surface area contributed by atoms with Crippen molar-refractivity contribution in [2.24, 2.45) is 5.16 Å². The number of amides is 2. The summed E-state index contributed by atoms with van der Waals surface area (Å²) in [5.41, 5.74) is 0.716. The molecule has 2 amide bonds. The molecule has 2 aromatic carbocycles. The van der Waals surface area contributed by atoms with Crippen molar-refractivity contribution in [2.45, 2.75) is 38.3 Å². The molecule has 1 aliphatic heterocycles. The number of carboxylic acid groups (broad SMARTS) is 1. The second kappa shape index (κ2) is 9.58. The largest absolute Gasteiger partial charge is 0.480 e. The molecule has 0 saturated carbocycles. The molecule has 168 valence electrons. The molecular formula is C22H21Cl2N3O5. The molecule has 0 bridgehead atoms. The summed E-state index contributed by atoms with van der Waals surface area (Å²) >= 11 is 12.1. The molecule has 2 atom stereocenters. The summed E-state index contributed by atoms with van der Waals surface area (Å²) in [6, 6.07) is 10.2. The molecule has 1 heterocycles. The topological polar surface area (TPSA) is 117 Å². The molecule has 1 aliphatic rings. The van der Waals surface area contributed by atoms with Crippen LogP contribution in [0.1, 0.15) is 36.2 Å². The number of rotatable bonds is 7. The van der Waals surface area contributed by atoms with Gasteiger partial charge in [0.25, 0.3) is 11.8 Å². The van der Waals surface area contributed by atoms with E-state index in [1.54, 1.807) is 56.3 Å². The van der Waals surface area contributed by atoms with Crippen molar-refractivity contribution in [3.8, 4) is 0 Å². The molecule has 0 aliphatic carbocycles. The first-order valence-corrected chi connectivity index (χ1v) is 10.4. The van der Waals surface area contributed by atoms with Crippen molar-refractivity contribution in [2.75, 3.05) is 5.32 Å². The second-order valence-corrected chi connectivity index (χ2v) is 8.46. The van der Waals surface area contributed by atoms with Gasteiger partial charge in [0, 0.05) is 18.5 Å². The van der Waals surface area contributed by atoms with Gasteiger partial charge >= 0.3 is 5.97 Å². The number of carboxylic acids is 1. The van der Waals surface area contributed by atoms with E-state index in [1.807, 2.05) is 0 Å². The maximum Gasteiger partial charge on any atom is 0.326 e. The smallest absolute Gasteiger partial charge is 0.326 e. The van der Waals surface area contributed by atoms with Gasteiger partial charge in [0.15, 0.2) is 0 Å². The van der Waals surface area contributed by atoms with Crippen LogP contribution in [0.2, 0.25) is 10.0 Å². The van der Waals surface area contributed by atoms with Crippen molar-refractivity contribution in [3.05, 3.63) is 63.6 Å². The van der Waals surface area contributed by atoms with Gasteiger partial charge < -0.3 is 20.6 Å². The Bertz CT molecular complexity index is 1070. The van der Waals surface area contributed by atoms with Gasteiger partial charge in [-0.25, -0.2) is 4.79 Å². The predicted octanol–water partition coefficient (Wildman–Crippen LogP) is 3.91. The van der Waals surface area contributed by atoms with Crippen LogP contribution in [0.3, 0.4) is 0 Å². The van der Waals surface area contributed by atoms with Gasteiger partial charge in [-0.3, -0.25) is 9.59 Å². The van der Waals surface area contributed by atoms with Crippen LogP contribution < -0.4 is 10.6 Å². The summed E-state index contributed by atoms with van der Waals surface area (Å²) < 4.78 is 0. The third kappa shape index (κ3) is 5.38. The lowest BCUT2D eigenvalue weighted by molar-refractivity contribution is -0.148. The molecule has 10 heteroatoms. The first kappa shape index (κ1) is 23.6. The van der Waals surface area contributed by atoms with E-state index in [0.29, 0.717) is 17.0 Å². The Morgan fingerprint density at radius 2 is 1.78 bits per heavy atom. The minimum absolute atomic E-state index is 0.0432. The molecule has 8 nitrogen and oxygen atoms in total. The molecule has 1 unspecified atom stereocenters. The lowest BCUT2D eigenvalue weighted by Gasteiger charge is -2.23. The number of nitrogens with zero attached hydrogens (tertiary/aromatic N) is 1. The molecule has 0 fully saturated rings. The number of hydrogen-bond donors (Lipinski definition) is 3. The van der Waals surface area contributed by atoms with E-state index in [9.17, 15) is 19.5 Å². The molecule has 2 aromatic rings. The highest BCUT2D eigenvalue weighted by Crippen LogP contribution is 2.26. The number of benzene rings is 2. The minimum Gasteiger partial charge on any atom is -0.480 e.